The molecule has 2 heteroatoms. The summed E-state index contributed by atoms with van der Waals surface area (Å²) in [6, 6.07) is 0.687. The van der Waals surface area contributed by atoms with Crippen LogP contribution in [0.25, 0.3) is 0 Å². The lowest BCUT2D eigenvalue weighted by Crippen LogP contribution is -2.38. The van der Waals surface area contributed by atoms with Crippen molar-refractivity contribution in [3.8, 4) is 0 Å². The zero-order valence-corrected chi connectivity index (χ0v) is 9.09. The van der Waals surface area contributed by atoms with Gasteiger partial charge >= 0.3 is 0 Å². The van der Waals surface area contributed by atoms with Crippen LogP contribution >= 0.6 is 0 Å². The summed E-state index contributed by atoms with van der Waals surface area (Å²) < 4.78 is 5.41. The molecule has 1 aliphatic carbocycles. The second-order valence-corrected chi connectivity index (χ2v) is 4.56. The Morgan fingerprint density at radius 2 is 2.43 bits per heavy atom. The van der Waals surface area contributed by atoms with Gasteiger partial charge in [-0.2, -0.15) is 0 Å². The highest BCUT2D eigenvalue weighted by atomic mass is 16.5. The van der Waals surface area contributed by atoms with E-state index >= 15 is 0 Å². The third kappa shape index (κ3) is 2.58. The van der Waals surface area contributed by atoms with Crippen LogP contribution < -0.4 is 5.32 Å². The average Bonchev–Trinajstić information content (AvgIpc) is 2.14. The van der Waals surface area contributed by atoms with Crippen LogP contribution in [-0.4, -0.2) is 25.8 Å². The van der Waals surface area contributed by atoms with Gasteiger partial charge in [-0.1, -0.05) is 12.5 Å². The minimum absolute atomic E-state index is 0.687. The van der Waals surface area contributed by atoms with Crippen LogP contribution in [0, 0.1) is 5.92 Å². The molecule has 0 amide bonds. The summed E-state index contributed by atoms with van der Waals surface area (Å²) in [7, 11) is 0. The van der Waals surface area contributed by atoms with Crippen molar-refractivity contribution in [2.75, 3.05) is 19.8 Å². The van der Waals surface area contributed by atoms with Gasteiger partial charge in [-0.15, -0.1) is 0 Å². The van der Waals surface area contributed by atoms with Crippen LogP contribution in [0.15, 0.2) is 11.6 Å². The normalized spacial score (nSPS) is 25.4. The Labute approximate surface area is 86.7 Å². The van der Waals surface area contributed by atoms with E-state index in [0.717, 1.165) is 32.1 Å². The molecule has 1 aliphatic heterocycles. The van der Waals surface area contributed by atoms with Gasteiger partial charge in [-0.25, -0.2) is 0 Å². The Kier molecular flexibility index (Phi) is 3.60. The number of rotatable bonds is 4. The van der Waals surface area contributed by atoms with Gasteiger partial charge in [-0.3, -0.25) is 0 Å². The van der Waals surface area contributed by atoms with E-state index in [-0.39, 0.29) is 0 Å². The summed E-state index contributed by atoms with van der Waals surface area (Å²) in [5, 5.41) is 3.61. The molecule has 1 heterocycles. The molecular weight excluding hydrogens is 174 g/mol. The molecule has 2 rings (SSSR count). The zero-order valence-electron chi connectivity index (χ0n) is 9.09. The molecule has 0 radical (unpaired) electrons. The molecule has 1 fully saturated rings. The zero-order chi connectivity index (χ0) is 9.80. The highest BCUT2D eigenvalue weighted by Gasteiger charge is 2.23. The molecule has 0 aromatic rings. The highest BCUT2D eigenvalue weighted by Crippen LogP contribution is 2.29. The quantitative estimate of drug-likeness (QED) is 0.694. The maximum atomic E-state index is 5.41. The second kappa shape index (κ2) is 4.94. The summed E-state index contributed by atoms with van der Waals surface area (Å²) in [6.07, 6.45) is 7.69. The minimum atomic E-state index is 0.687. The van der Waals surface area contributed by atoms with E-state index in [2.05, 4.69) is 18.3 Å². The lowest BCUT2D eigenvalue weighted by atomic mass is 9.80. The Bertz CT molecular complexity index is 208. The van der Waals surface area contributed by atoms with Crippen LogP contribution in [0.1, 0.15) is 32.6 Å². The van der Waals surface area contributed by atoms with Crippen LogP contribution in [0.3, 0.4) is 0 Å². The fourth-order valence-corrected chi connectivity index (χ4v) is 2.13. The van der Waals surface area contributed by atoms with Gasteiger partial charge in [0.05, 0.1) is 13.2 Å². The van der Waals surface area contributed by atoms with Crippen molar-refractivity contribution in [2.45, 2.75) is 38.6 Å². The van der Waals surface area contributed by atoms with Crippen molar-refractivity contribution < 1.29 is 4.74 Å². The fraction of sp³-hybridized carbons (Fsp3) is 0.833. The minimum Gasteiger partial charge on any atom is -0.377 e. The summed E-state index contributed by atoms with van der Waals surface area (Å²) in [5.74, 6) is 0.931. The SMILES string of the molecule is CC(NCC1=CCCOC1)C1CCC1. The van der Waals surface area contributed by atoms with Gasteiger partial charge in [0.15, 0.2) is 0 Å². The first-order chi connectivity index (χ1) is 6.86. The monoisotopic (exact) mass is 195 g/mol. The van der Waals surface area contributed by atoms with E-state index in [9.17, 15) is 0 Å². The molecule has 2 nitrogen and oxygen atoms in total. The van der Waals surface area contributed by atoms with Crippen molar-refractivity contribution >= 4 is 0 Å². The maximum absolute atomic E-state index is 5.41. The van der Waals surface area contributed by atoms with E-state index in [4.69, 9.17) is 4.74 Å². The summed E-state index contributed by atoms with van der Waals surface area (Å²) in [4.78, 5) is 0. The van der Waals surface area contributed by atoms with Crippen LogP contribution in [0.2, 0.25) is 0 Å². The van der Waals surface area contributed by atoms with E-state index < -0.39 is 0 Å². The molecule has 1 unspecified atom stereocenters. The van der Waals surface area contributed by atoms with Crippen LogP contribution in [0.5, 0.6) is 0 Å². The molecule has 1 N–H and O–H groups in total. The van der Waals surface area contributed by atoms with Crippen molar-refractivity contribution in [3.05, 3.63) is 11.6 Å². The van der Waals surface area contributed by atoms with E-state index in [1.165, 1.54) is 24.8 Å². The number of hydrogen-bond acceptors (Lipinski definition) is 2. The number of hydrogen-bond donors (Lipinski definition) is 1. The van der Waals surface area contributed by atoms with Crippen LogP contribution in [0.4, 0.5) is 0 Å². The first-order valence-electron chi connectivity index (χ1n) is 5.85. The fourth-order valence-electron chi connectivity index (χ4n) is 2.13. The third-order valence-electron chi connectivity index (χ3n) is 3.49. The highest BCUT2D eigenvalue weighted by molar-refractivity contribution is 5.07. The Morgan fingerprint density at radius 3 is 3.00 bits per heavy atom. The van der Waals surface area contributed by atoms with Crippen molar-refractivity contribution in [2.24, 2.45) is 5.92 Å². The molecule has 0 saturated heterocycles. The van der Waals surface area contributed by atoms with Crippen molar-refractivity contribution in [3.63, 3.8) is 0 Å². The molecule has 14 heavy (non-hydrogen) atoms. The molecule has 0 spiro atoms. The molecule has 1 atom stereocenters. The van der Waals surface area contributed by atoms with Gasteiger partial charge < -0.3 is 10.1 Å². The Balaban J connectivity index is 1.67. The molecule has 0 aromatic heterocycles. The first kappa shape index (κ1) is 10.2. The van der Waals surface area contributed by atoms with Gasteiger partial charge in [-0.05, 0) is 37.7 Å². The molecule has 0 aromatic carbocycles. The Morgan fingerprint density at radius 1 is 1.57 bits per heavy atom. The average molecular weight is 195 g/mol. The second-order valence-electron chi connectivity index (χ2n) is 4.56. The van der Waals surface area contributed by atoms with E-state index in [1.807, 2.05) is 0 Å². The molecule has 80 valence electrons. The van der Waals surface area contributed by atoms with Crippen molar-refractivity contribution in [1.29, 1.82) is 0 Å². The van der Waals surface area contributed by atoms with Crippen LogP contribution in [-0.2, 0) is 4.74 Å². The predicted molar refractivity (Wildman–Crippen MR) is 58.3 cm³/mol. The van der Waals surface area contributed by atoms with Gasteiger partial charge in [0, 0.05) is 12.6 Å². The number of ether oxygens (including phenoxy) is 1. The summed E-state index contributed by atoms with van der Waals surface area (Å²) in [6.45, 7) is 5.08. The molecule has 2 aliphatic rings. The van der Waals surface area contributed by atoms with Gasteiger partial charge in [0.1, 0.15) is 0 Å². The van der Waals surface area contributed by atoms with Gasteiger partial charge in [0.25, 0.3) is 0 Å². The summed E-state index contributed by atoms with van der Waals surface area (Å²) in [5.41, 5.74) is 1.43. The van der Waals surface area contributed by atoms with Gasteiger partial charge in [0.2, 0.25) is 0 Å². The smallest absolute Gasteiger partial charge is 0.0689 e. The predicted octanol–water partition coefficient (Wildman–Crippen LogP) is 2.11. The molecule has 0 bridgehead atoms. The largest absolute Gasteiger partial charge is 0.377 e. The lowest BCUT2D eigenvalue weighted by molar-refractivity contribution is 0.147. The third-order valence-corrected chi connectivity index (χ3v) is 3.49. The van der Waals surface area contributed by atoms with E-state index in [0.29, 0.717) is 6.04 Å². The standard InChI is InChI=1S/C12H21NO/c1-10(12-5-2-6-12)13-8-11-4-3-7-14-9-11/h4,10,12-13H,2-3,5-9H2,1H3. The van der Waals surface area contributed by atoms with E-state index in [1.54, 1.807) is 0 Å². The molecular formula is C12H21NO. The molecule has 1 saturated carbocycles. The Hall–Kier alpha value is -0.340. The lowest BCUT2D eigenvalue weighted by Gasteiger charge is -2.32. The summed E-state index contributed by atoms with van der Waals surface area (Å²) >= 11 is 0. The first-order valence-corrected chi connectivity index (χ1v) is 5.85. The number of nitrogens with one attached hydrogen (secondary N) is 1. The van der Waals surface area contributed by atoms with Crippen molar-refractivity contribution in [1.82, 2.24) is 5.32 Å². The topological polar surface area (TPSA) is 21.3 Å². The maximum Gasteiger partial charge on any atom is 0.0689 e.